The fourth-order valence-electron chi connectivity index (χ4n) is 2.94. The van der Waals surface area contributed by atoms with E-state index in [-0.39, 0.29) is 11.4 Å². The number of carbonyl (C=O) groups is 1. The summed E-state index contributed by atoms with van der Waals surface area (Å²) in [4.78, 5) is 12.6. The second-order valence-corrected chi connectivity index (χ2v) is 10.1. The number of benzene rings is 2. The lowest BCUT2D eigenvalue weighted by Crippen LogP contribution is -2.19. The normalized spacial score (nSPS) is 12.8. The Bertz CT molecular complexity index is 1070. The number of hydrogen-bond donors (Lipinski definition) is 1. The maximum Gasteiger partial charge on any atom is 0.349 e. The van der Waals surface area contributed by atoms with Crippen molar-refractivity contribution in [2.24, 2.45) is 0 Å². The molecule has 0 fully saturated rings. The number of ether oxygens (including phenoxy) is 1. The molecule has 29 heavy (non-hydrogen) atoms. The van der Waals surface area contributed by atoms with Gasteiger partial charge < -0.3 is 4.74 Å². The molecule has 0 amide bonds. The Labute approximate surface area is 185 Å². The van der Waals surface area contributed by atoms with Crippen molar-refractivity contribution in [3.05, 3.63) is 57.4 Å². The van der Waals surface area contributed by atoms with E-state index in [9.17, 15) is 13.6 Å². The maximum atomic E-state index is 12.2. The van der Waals surface area contributed by atoms with Crippen molar-refractivity contribution in [2.45, 2.75) is 33.1 Å². The van der Waals surface area contributed by atoms with E-state index in [4.69, 9.17) is 4.74 Å². The Morgan fingerprint density at radius 3 is 2.34 bits per heavy atom. The van der Waals surface area contributed by atoms with Crippen molar-refractivity contribution in [1.82, 2.24) is 0 Å². The SMILES string of the molecule is CCOC(=O)c1sc2ccc(N(c3ccc(C(C)(C)C)cc3)S(=O)O)cc2c1Br. The molecule has 5 nitrogen and oxygen atoms in total. The van der Waals surface area contributed by atoms with E-state index in [0.29, 0.717) is 27.3 Å². The highest BCUT2D eigenvalue weighted by Crippen LogP contribution is 2.39. The summed E-state index contributed by atoms with van der Waals surface area (Å²) in [6.45, 7) is 8.41. The standard InChI is InChI=1S/C21H22BrNO4S2/c1-5-27-20(24)19-18(22)16-12-15(10-11-17(16)28-19)23(29(25)26)14-8-6-13(7-9-14)21(2,3)4/h6-12H,5H2,1-4H3,(H,25,26). The molecule has 1 heterocycles. The number of hydrogen-bond acceptors (Lipinski definition) is 4. The van der Waals surface area contributed by atoms with E-state index >= 15 is 0 Å². The molecule has 0 saturated carbocycles. The Morgan fingerprint density at radius 1 is 1.17 bits per heavy atom. The summed E-state index contributed by atoms with van der Waals surface area (Å²) in [7, 11) is 0. The van der Waals surface area contributed by atoms with E-state index < -0.39 is 11.3 Å². The molecule has 2 aromatic carbocycles. The van der Waals surface area contributed by atoms with Gasteiger partial charge in [0.1, 0.15) is 4.88 Å². The third-order valence-corrected chi connectivity index (χ3v) is 7.40. The zero-order valence-corrected chi connectivity index (χ0v) is 19.8. The molecule has 0 saturated heterocycles. The van der Waals surface area contributed by atoms with E-state index in [2.05, 4.69) is 36.7 Å². The molecular weight excluding hydrogens is 474 g/mol. The monoisotopic (exact) mass is 495 g/mol. The first kappa shape index (κ1) is 22.0. The van der Waals surface area contributed by atoms with Crippen LogP contribution in [0.1, 0.15) is 42.9 Å². The molecule has 1 atom stereocenters. The van der Waals surface area contributed by atoms with Crippen molar-refractivity contribution in [1.29, 1.82) is 0 Å². The number of rotatable bonds is 5. The lowest BCUT2D eigenvalue weighted by molar-refractivity contribution is 0.0531. The van der Waals surface area contributed by atoms with Gasteiger partial charge in [0.25, 0.3) is 11.3 Å². The van der Waals surface area contributed by atoms with Gasteiger partial charge in [0.2, 0.25) is 0 Å². The first-order valence-electron chi connectivity index (χ1n) is 9.04. The highest BCUT2D eigenvalue weighted by Gasteiger charge is 2.21. The molecule has 3 rings (SSSR count). The van der Waals surface area contributed by atoms with Gasteiger partial charge in [-0.1, -0.05) is 32.9 Å². The highest BCUT2D eigenvalue weighted by atomic mass is 79.9. The van der Waals surface area contributed by atoms with Crippen molar-refractivity contribution < 1.29 is 18.3 Å². The molecular formula is C21H22BrNO4S2. The minimum absolute atomic E-state index is 0.00826. The minimum atomic E-state index is -2.26. The summed E-state index contributed by atoms with van der Waals surface area (Å²) in [5, 5.41) is 0.789. The van der Waals surface area contributed by atoms with Crippen LogP contribution in [0.4, 0.5) is 11.4 Å². The lowest BCUT2D eigenvalue weighted by Gasteiger charge is -2.23. The van der Waals surface area contributed by atoms with Crippen molar-refractivity contribution in [3.63, 3.8) is 0 Å². The molecule has 0 bridgehead atoms. The van der Waals surface area contributed by atoms with Gasteiger partial charge in [-0.05, 0) is 64.2 Å². The topological polar surface area (TPSA) is 66.8 Å². The predicted octanol–water partition coefficient (Wildman–Crippen LogP) is 6.41. The quantitative estimate of drug-likeness (QED) is 0.327. The zero-order valence-electron chi connectivity index (χ0n) is 16.6. The zero-order chi connectivity index (χ0) is 21.3. The van der Waals surface area contributed by atoms with Crippen LogP contribution in [-0.2, 0) is 21.4 Å². The van der Waals surface area contributed by atoms with Crippen molar-refractivity contribution in [2.75, 3.05) is 10.9 Å². The van der Waals surface area contributed by atoms with Crippen LogP contribution in [-0.4, -0.2) is 21.3 Å². The molecule has 154 valence electrons. The Balaban J connectivity index is 2.05. The number of carbonyl (C=O) groups excluding carboxylic acids is 1. The maximum absolute atomic E-state index is 12.2. The van der Waals surface area contributed by atoms with Crippen molar-refractivity contribution >= 4 is 66.0 Å². The van der Waals surface area contributed by atoms with Crippen LogP contribution >= 0.6 is 27.3 Å². The van der Waals surface area contributed by atoms with E-state index in [1.165, 1.54) is 15.6 Å². The van der Waals surface area contributed by atoms with Crippen LogP contribution in [0.25, 0.3) is 10.1 Å². The van der Waals surface area contributed by atoms with Gasteiger partial charge in [-0.15, -0.1) is 11.3 Å². The smallest absolute Gasteiger partial charge is 0.349 e. The first-order valence-corrected chi connectivity index (χ1v) is 11.7. The number of anilines is 2. The lowest BCUT2D eigenvalue weighted by atomic mass is 9.87. The third kappa shape index (κ3) is 4.55. The Hall–Kier alpha value is -1.74. The summed E-state index contributed by atoms with van der Waals surface area (Å²) in [5.41, 5.74) is 2.29. The summed E-state index contributed by atoms with van der Waals surface area (Å²) in [6, 6.07) is 13.0. The summed E-state index contributed by atoms with van der Waals surface area (Å²) in [5.74, 6) is -0.387. The van der Waals surface area contributed by atoms with Crippen molar-refractivity contribution in [3.8, 4) is 0 Å². The van der Waals surface area contributed by atoms with E-state index in [1.807, 2.05) is 30.3 Å². The predicted molar refractivity (Wildman–Crippen MR) is 124 cm³/mol. The van der Waals surface area contributed by atoms with Crippen LogP contribution in [0.2, 0.25) is 0 Å². The average molecular weight is 496 g/mol. The van der Waals surface area contributed by atoms with Gasteiger partial charge in [-0.2, -0.15) is 0 Å². The Morgan fingerprint density at radius 2 is 1.79 bits per heavy atom. The number of nitrogens with zero attached hydrogens (tertiary/aromatic N) is 1. The van der Waals surface area contributed by atoms with Gasteiger partial charge in [0, 0.05) is 10.1 Å². The van der Waals surface area contributed by atoms with Gasteiger partial charge in [0.05, 0.1) is 22.5 Å². The number of fused-ring (bicyclic) bond motifs is 1. The summed E-state index contributed by atoms with van der Waals surface area (Å²) >= 11 is 2.55. The van der Waals surface area contributed by atoms with Crippen LogP contribution < -0.4 is 4.31 Å². The largest absolute Gasteiger partial charge is 0.462 e. The Kier molecular flexibility index (Phi) is 6.48. The molecule has 0 aliphatic carbocycles. The molecule has 1 N–H and O–H groups in total. The number of halogens is 1. The van der Waals surface area contributed by atoms with Gasteiger partial charge in [-0.3, -0.25) is 4.55 Å². The average Bonchev–Trinajstić information content (AvgIpc) is 2.98. The summed E-state index contributed by atoms with van der Waals surface area (Å²) < 4.78 is 30.1. The minimum Gasteiger partial charge on any atom is -0.462 e. The molecule has 1 aromatic heterocycles. The highest BCUT2D eigenvalue weighted by molar-refractivity contribution is 9.10. The van der Waals surface area contributed by atoms with Gasteiger partial charge in [-0.25, -0.2) is 13.3 Å². The first-order chi connectivity index (χ1) is 13.6. The molecule has 0 aliphatic heterocycles. The molecule has 0 spiro atoms. The van der Waals surface area contributed by atoms with Gasteiger partial charge >= 0.3 is 5.97 Å². The fourth-order valence-corrected chi connectivity index (χ4v) is 5.36. The molecule has 0 aliphatic rings. The third-order valence-electron chi connectivity index (χ3n) is 4.43. The van der Waals surface area contributed by atoms with E-state index in [1.54, 1.807) is 19.1 Å². The second-order valence-electron chi connectivity index (χ2n) is 7.47. The molecule has 3 aromatic rings. The fraction of sp³-hybridized carbons (Fsp3) is 0.286. The van der Waals surface area contributed by atoms with Gasteiger partial charge in [0.15, 0.2) is 0 Å². The molecule has 8 heteroatoms. The summed E-state index contributed by atoms with van der Waals surface area (Å²) in [6.07, 6.45) is 0. The second kappa shape index (κ2) is 8.55. The number of thiophene rings is 1. The van der Waals surface area contributed by atoms with Crippen LogP contribution in [0, 0.1) is 0 Å². The molecule has 1 unspecified atom stereocenters. The van der Waals surface area contributed by atoms with Crippen LogP contribution in [0.15, 0.2) is 46.9 Å². The molecule has 0 radical (unpaired) electrons. The van der Waals surface area contributed by atoms with E-state index in [0.717, 1.165) is 15.6 Å². The van der Waals surface area contributed by atoms with Crippen LogP contribution in [0.5, 0.6) is 0 Å². The van der Waals surface area contributed by atoms with Crippen LogP contribution in [0.3, 0.4) is 0 Å². The number of esters is 1.